The Balaban J connectivity index is 1.97. The molecule has 1 unspecified atom stereocenters. The second-order valence-corrected chi connectivity index (χ2v) is 5.06. The summed E-state index contributed by atoms with van der Waals surface area (Å²) in [6.07, 6.45) is 1.16. The molecule has 0 spiro atoms. The lowest BCUT2D eigenvalue weighted by Crippen LogP contribution is -1.96. The molecule has 18 heavy (non-hydrogen) atoms. The Bertz CT molecular complexity index is 605. The van der Waals surface area contributed by atoms with Crippen molar-refractivity contribution in [1.82, 2.24) is 0 Å². The Labute approximate surface area is 114 Å². The molecule has 0 saturated heterocycles. The van der Waals surface area contributed by atoms with Gasteiger partial charge >= 0.3 is 0 Å². The Morgan fingerprint density at radius 2 is 1.89 bits per heavy atom. The zero-order valence-electron chi connectivity index (χ0n) is 9.51. The van der Waals surface area contributed by atoms with E-state index in [0.717, 1.165) is 15.6 Å². The number of fused-ring (bicyclic) bond motifs is 1. The van der Waals surface area contributed by atoms with Crippen LogP contribution >= 0.6 is 15.9 Å². The molecule has 0 aliphatic carbocycles. The summed E-state index contributed by atoms with van der Waals surface area (Å²) in [6.45, 7) is 0. The number of aliphatic hydroxyl groups excluding tert-OH is 1. The standard InChI is InChI=1S/C15H11BrO2/c16-11-6-7-13-12(9-11)15(17)14(18-13)8-10-4-2-1-3-5-10/h1-9,15,17H/b14-8-. The molecule has 1 heterocycles. The third-order valence-corrected chi connectivity index (χ3v) is 3.37. The second kappa shape index (κ2) is 4.59. The summed E-state index contributed by atoms with van der Waals surface area (Å²) in [5.41, 5.74) is 1.81. The van der Waals surface area contributed by atoms with Gasteiger partial charge in [-0.25, -0.2) is 0 Å². The zero-order chi connectivity index (χ0) is 12.5. The Morgan fingerprint density at radius 1 is 1.11 bits per heavy atom. The molecule has 1 aliphatic rings. The molecule has 2 aromatic carbocycles. The molecule has 3 rings (SSSR count). The van der Waals surface area contributed by atoms with Crippen molar-refractivity contribution in [2.24, 2.45) is 0 Å². The minimum atomic E-state index is -0.697. The Kier molecular flexibility index (Phi) is 2.94. The van der Waals surface area contributed by atoms with Gasteiger partial charge in [-0.3, -0.25) is 0 Å². The van der Waals surface area contributed by atoms with Crippen LogP contribution in [0.2, 0.25) is 0 Å². The highest BCUT2D eigenvalue weighted by Gasteiger charge is 2.27. The molecule has 2 aromatic rings. The van der Waals surface area contributed by atoms with Gasteiger partial charge in [-0.05, 0) is 29.8 Å². The van der Waals surface area contributed by atoms with Crippen molar-refractivity contribution < 1.29 is 9.84 Å². The first kappa shape index (κ1) is 11.5. The van der Waals surface area contributed by atoms with Crippen LogP contribution in [0.1, 0.15) is 17.2 Å². The van der Waals surface area contributed by atoms with Crippen molar-refractivity contribution in [3.8, 4) is 5.75 Å². The van der Waals surface area contributed by atoms with Crippen molar-refractivity contribution in [2.45, 2.75) is 6.10 Å². The maximum Gasteiger partial charge on any atom is 0.140 e. The first-order chi connectivity index (χ1) is 8.74. The highest BCUT2D eigenvalue weighted by Crippen LogP contribution is 2.40. The summed E-state index contributed by atoms with van der Waals surface area (Å²) < 4.78 is 6.60. The average molecular weight is 303 g/mol. The van der Waals surface area contributed by atoms with Gasteiger partial charge in [-0.15, -0.1) is 0 Å². The van der Waals surface area contributed by atoms with E-state index in [1.807, 2.05) is 54.6 Å². The van der Waals surface area contributed by atoms with Crippen molar-refractivity contribution in [3.63, 3.8) is 0 Å². The van der Waals surface area contributed by atoms with Crippen LogP contribution in [0.25, 0.3) is 6.08 Å². The summed E-state index contributed by atoms with van der Waals surface area (Å²) in [5.74, 6) is 1.28. The van der Waals surface area contributed by atoms with Crippen molar-refractivity contribution in [3.05, 3.63) is 69.9 Å². The molecule has 0 bridgehead atoms. The van der Waals surface area contributed by atoms with Gasteiger partial charge in [0.15, 0.2) is 0 Å². The van der Waals surface area contributed by atoms with Crippen molar-refractivity contribution in [2.75, 3.05) is 0 Å². The molecule has 1 atom stereocenters. The van der Waals surface area contributed by atoms with Gasteiger partial charge in [-0.2, -0.15) is 0 Å². The smallest absolute Gasteiger partial charge is 0.140 e. The summed E-state index contributed by atoms with van der Waals surface area (Å²) in [5, 5.41) is 10.2. The van der Waals surface area contributed by atoms with E-state index >= 15 is 0 Å². The topological polar surface area (TPSA) is 29.5 Å². The Morgan fingerprint density at radius 3 is 2.67 bits per heavy atom. The molecule has 90 valence electrons. The highest BCUT2D eigenvalue weighted by atomic mass is 79.9. The second-order valence-electron chi connectivity index (χ2n) is 4.14. The van der Waals surface area contributed by atoms with Gasteiger partial charge in [0, 0.05) is 10.0 Å². The third kappa shape index (κ3) is 2.07. The van der Waals surface area contributed by atoms with E-state index in [4.69, 9.17) is 4.74 Å². The highest BCUT2D eigenvalue weighted by molar-refractivity contribution is 9.10. The van der Waals surface area contributed by atoms with Gasteiger partial charge in [0.2, 0.25) is 0 Å². The summed E-state index contributed by atoms with van der Waals surface area (Å²) >= 11 is 3.39. The molecule has 0 amide bonds. The molecule has 3 heteroatoms. The molecule has 0 saturated carbocycles. The number of hydrogen-bond donors (Lipinski definition) is 1. The molecular weight excluding hydrogens is 292 g/mol. The van der Waals surface area contributed by atoms with Crippen LogP contribution in [0.15, 0.2) is 58.8 Å². The summed E-state index contributed by atoms with van der Waals surface area (Å²) in [6, 6.07) is 15.5. The fourth-order valence-corrected chi connectivity index (χ4v) is 2.36. The largest absolute Gasteiger partial charge is 0.458 e. The van der Waals surface area contributed by atoms with Gasteiger partial charge < -0.3 is 9.84 Å². The number of halogens is 1. The first-order valence-electron chi connectivity index (χ1n) is 5.66. The van der Waals surface area contributed by atoms with Gasteiger partial charge in [0.05, 0.1) is 0 Å². The van der Waals surface area contributed by atoms with Crippen molar-refractivity contribution >= 4 is 22.0 Å². The van der Waals surface area contributed by atoms with Gasteiger partial charge in [0.25, 0.3) is 0 Å². The maximum absolute atomic E-state index is 10.2. The molecule has 1 N–H and O–H groups in total. The van der Waals surface area contributed by atoms with Crippen LogP contribution in [-0.4, -0.2) is 5.11 Å². The van der Waals surface area contributed by atoms with Crippen LogP contribution in [0, 0.1) is 0 Å². The van der Waals surface area contributed by atoms with Crippen LogP contribution in [0.5, 0.6) is 5.75 Å². The van der Waals surface area contributed by atoms with Gasteiger partial charge in [-0.1, -0.05) is 46.3 Å². The van der Waals surface area contributed by atoms with E-state index in [2.05, 4.69) is 15.9 Å². The van der Waals surface area contributed by atoms with Crippen LogP contribution in [0.3, 0.4) is 0 Å². The van der Waals surface area contributed by atoms with E-state index < -0.39 is 6.10 Å². The van der Waals surface area contributed by atoms with Crippen molar-refractivity contribution in [1.29, 1.82) is 0 Å². The third-order valence-electron chi connectivity index (χ3n) is 2.87. The number of aliphatic hydroxyl groups is 1. The lowest BCUT2D eigenvalue weighted by molar-refractivity contribution is 0.193. The lowest BCUT2D eigenvalue weighted by Gasteiger charge is -2.03. The van der Waals surface area contributed by atoms with Crippen LogP contribution < -0.4 is 4.74 Å². The quantitative estimate of drug-likeness (QED) is 0.865. The number of rotatable bonds is 1. The molecule has 0 aromatic heterocycles. The minimum Gasteiger partial charge on any atom is -0.458 e. The maximum atomic E-state index is 10.2. The summed E-state index contributed by atoms with van der Waals surface area (Å²) in [4.78, 5) is 0. The zero-order valence-corrected chi connectivity index (χ0v) is 11.1. The summed E-state index contributed by atoms with van der Waals surface area (Å²) in [7, 11) is 0. The molecule has 0 fully saturated rings. The van der Waals surface area contributed by atoms with E-state index in [1.165, 1.54) is 0 Å². The number of benzene rings is 2. The average Bonchev–Trinajstić information content (AvgIpc) is 2.68. The minimum absolute atomic E-state index is 0.564. The van der Waals surface area contributed by atoms with E-state index in [-0.39, 0.29) is 0 Å². The lowest BCUT2D eigenvalue weighted by atomic mass is 10.1. The van der Waals surface area contributed by atoms with Crippen LogP contribution in [-0.2, 0) is 0 Å². The molecule has 0 radical (unpaired) electrons. The van der Waals surface area contributed by atoms with E-state index in [9.17, 15) is 5.11 Å². The fraction of sp³-hybridized carbons (Fsp3) is 0.0667. The molecule has 1 aliphatic heterocycles. The first-order valence-corrected chi connectivity index (χ1v) is 6.45. The predicted octanol–water partition coefficient (Wildman–Crippen LogP) is 3.92. The van der Waals surface area contributed by atoms with Gasteiger partial charge in [0.1, 0.15) is 17.6 Å². The Hall–Kier alpha value is -1.58. The normalized spacial score (nSPS) is 19.7. The van der Waals surface area contributed by atoms with E-state index in [1.54, 1.807) is 0 Å². The number of ether oxygens (including phenoxy) is 1. The SMILES string of the molecule is OC1/C(=C/c2ccccc2)Oc2ccc(Br)cc21. The van der Waals surface area contributed by atoms with E-state index in [0.29, 0.717) is 11.5 Å². The molecule has 2 nitrogen and oxygen atoms in total. The predicted molar refractivity (Wildman–Crippen MR) is 74.1 cm³/mol. The van der Waals surface area contributed by atoms with Crippen LogP contribution in [0.4, 0.5) is 0 Å². The monoisotopic (exact) mass is 302 g/mol. The fourth-order valence-electron chi connectivity index (χ4n) is 1.98. The number of hydrogen-bond acceptors (Lipinski definition) is 2. The molecular formula is C15H11BrO2.